The molecule has 7 nitrogen and oxygen atoms in total. The molecular formula is C14H22N2O5S. The smallest absolute Gasteiger partial charge is 0.352 e. The van der Waals surface area contributed by atoms with Gasteiger partial charge in [-0.15, -0.1) is 11.8 Å². The predicted octanol–water partition coefficient (Wildman–Crippen LogP) is 0.0672. The van der Waals surface area contributed by atoms with Crippen molar-refractivity contribution in [2.75, 3.05) is 13.1 Å². The van der Waals surface area contributed by atoms with Gasteiger partial charge in [0.1, 0.15) is 11.6 Å². The number of thioether (sulfide) groups is 1. The van der Waals surface area contributed by atoms with Crippen molar-refractivity contribution in [1.82, 2.24) is 10.6 Å². The maximum atomic E-state index is 11.5. The number of hydrogen-bond acceptors (Lipinski definition) is 6. The lowest BCUT2D eigenvalue weighted by atomic mass is 9.87. The van der Waals surface area contributed by atoms with Gasteiger partial charge in [0.15, 0.2) is 0 Å². The highest BCUT2D eigenvalue weighted by Crippen LogP contribution is 2.41. The van der Waals surface area contributed by atoms with E-state index < -0.39 is 30.0 Å². The minimum Gasteiger partial charge on any atom is -0.481 e. The normalized spacial score (nSPS) is 31.0. The minimum atomic E-state index is -1.13. The van der Waals surface area contributed by atoms with E-state index in [4.69, 9.17) is 0 Å². The lowest BCUT2D eigenvalue weighted by molar-refractivity contribution is -0.147. The molecular weight excluding hydrogens is 308 g/mol. The van der Waals surface area contributed by atoms with Gasteiger partial charge in [-0.25, -0.2) is 4.79 Å². The molecule has 0 aromatic heterocycles. The average Bonchev–Trinajstić information content (AvgIpc) is 3.01. The molecule has 8 heteroatoms. The summed E-state index contributed by atoms with van der Waals surface area (Å²) in [5.41, 5.74) is 0.0706. The van der Waals surface area contributed by atoms with Crippen molar-refractivity contribution in [1.29, 1.82) is 0 Å². The van der Waals surface area contributed by atoms with Gasteiger partial charge in [-0.05, 0) is 19.9 Å². The molecule has 0 aromatic carbocycles. The Labute approximate surface area is 133 Å². The van der Waals surface area contributed by atoms with E-state index in [-0.39, 0.29) is 11.6 Å². The zero-order valence-corrected chi connectivity index (χ0v) is 13.4. The lowest BCUT2D eigenvalue weighted by Gasteiger charge is -2.27. The second-order valence-electron chi connectivity index (χ2n) is 5.84. The molecule has 2 heterocycles. The molecule has 0 spiro atoms. The molecule has 2 rings (SSSR count). The standard InChI is InChI=1S/C14H22N2O5S/c1-6-10(9(7(2)17)13(18)19)16-11(14(20)21)12(6)22-8-3-4-15-5-8/h6-10,15-17H,3-5H2,1-2H3,(H,18,19)(H,20,21)/t6-,7-,8+,9-,10-/m1/s1. The first-order valence-electron chi connectivity index (χ1n) is 7.35. The predicted molar refractivity (Wildman–Crippen MR) is 82.4 cm³/mol. The summed E-state index contributed by atoms with van der Waals surface area (Å²) in [4.78, 5) is 23.6. The molecule has 2 aliphatic heterocycles. The maximum absolute atomic E-state index is 11.5. The number of aliphatic hydroxyl groups is 1. The fraction of sp³-hybridized carbons (Fsp3) is 0.714. The van der Waals surface area contributed by atoms with Crippen molar-refractivity contribution in [3.05, 3.63) is 10.6 Å². The molecule has 5 atom stereocenters. The maximum Gasteiger partial charge on any atom is 0.352 e. The Hall–Kier alpha value is -1.25. The van der Waals surface area contributed by atoms with Crippen LogP contribution in [0.2, 0.25) is 0 Å². The Morgan fingerprint density at radius 3 is 2.50 bits per heavy atom. The second-order valence-corrected chi connectivity index (χ2v) is 7.18. The van der Waals surface area contributed by atoms with Crippen molar-refractivity contribution in [2.45, 2.75) is 37.7 Å². The van der Waals surface area contributed by atoms with Crippen LogP contribution in [0, 0.1) is 11.8 Å². The van der Waals surface area contributed by atoms with Gasteiger partial charge in [0.2, 0.25) is 0 Å². The Morgan fingerprint density at radius 1 is 1.36 bits per heavy atom. The molecule has 0 radical (unpaired) electrons. The Morgan fingerprint density at radius 2 is 2.05 bits per heavy atom. The monoisotopic (exact) mass is 330 g/mol. The molecule has 124 valence electrons. The molecule has 0 bridgehead atoms. The van der Waals surface area contributed by atoms with E-state index in [1.54, 1.807) is 0 Å². The summed E-state index contributed by atoms with van der Waals surface area (Å²) in [5, 5.41) is 34.8. The number of aliphatic hydroxyl groups excluding tert-OH is 1. The van der Waals surface area contributed by atoms with Crippen molar-refractivity contribution < 1.29 is 24.9 Å². The highest BCUT2D eigenvalue weighted by atomic mass is 32.2. The van der Waals surface area contributed by atoms with Gasteiger partial charge < -0.3 is 26.0 Å². The highest BCUT2D eigenvalue weighted by Gasteiger charge is 2.44. The molecule has 0 aliphatic carbocycles. The first-order valence-corrected chi connectivity index (χ1v) is 8.23. The molecule has 0 aromatic rings. The number of nitrogens with one attached hydrogen (secondary N) is 2. The van der Waals surface area contributed by atoms with E-state index in [1.807, 2.05) is 6.92 Å². The van der Waals surface area contributed by atoms with Crippen LogP contribution in [0.4, 0.5) is 0 Å². The zero-order chi connectivity index (χ0) is 16.4. The van der Waals surface area contributed by atoms with Crippen LogP contribution in [0.5, 0.6) is 0 Å². The number of hydrogen-bond donors (Lipinski definition) is 5. The van der Waals surface area contributed by atoms with E-state index in [0.717, 1.165) is 19.5 Å². The molecule has 1 saturated heterocycles. The van der Waals surface area contributed by atoms with Crippen molar-refractivity contribution in [3.63, 3.8) is 0 Å². The van der Waals surface area contributed by atoms with Gasteiger partial charge in [-0.1, -0.05) is 6.92 Å². The van der Waals surface area contributed by atoms with E-state index >= 15 is 0 Å². The van der Waals surface area contributed by atoms with Crippen LogP contribution in [0.25, 0.3) is 0 Å². The summed E-state index contributed by atoms with van der Waals surface area (Å²) in [7, 11) is 0. The SMILES string of the molecule is C[C@@H](O)[C@@H](C(=O)O)[C@@H]1NC(C(=O)O)=C(S[C@H]2CCNC2)[C@@H]1C. The number of carboxylic acid groups (broad SMARTS) is 2. The van der Waals surface area contributed by atoms with Crippen molar-refractivity contribution >= 4 is 23.7 Å². The van der Waals surface area contributed by atoms with Crippen molar-refractivity contribution in [2.24, 2.45) is 11.8 Å². The van der Waals surface area contributed by atoms with Gasteiger partial charge in [0.25, 0.3) is 0 Å². The Balaban J connectivity index is 2.23. The second kappa shape index (κ2) is 6.89. The van der Waals surface area contributed by atoms with Crippen LogP contribution in [-0.2, 0) is 9.59 Å². The molecule has 5 N–H and O–H groups in total. The van der Waals surface area contributed by atoms with Crippen LogP contribution in [0.1, 0.15) is 20.3 Å². The van der Waals surface area contributed by atoms with E-state index in [9.17, 15) is 24.9 Å². The number of rotatable bonds is 6. The fourth-order valence-corrected chi connectivity index (χ4v) is 4.48. The first kappa shape index (κ1) is 17.1. The van der Waals surface area contributed by atoms with Crippen LogP contribution >= 0.6 is 11.8 Å². The topological polar surface area (TPSA) is 119 Å². The zero-order valence-electron chi connectivity index (χ0n) is 12.6. The summed E-state index contributed by atoms with van der Waals surface area (Å²) in [6, 6.07) is -0.625. The quantitative estimate of drug-likeness (QED) is 0.464. The third kappa shape index (κ3) is 3.39. The Kier molecular flexibility index (Phi) is 5.36. The van der Waals surface area contributed by atoms with Crippen LogP contribution in [0.15, 0.2) is 10.6 Å². The van der Waals surface area contributed by atoms with Crippen LogP contribution in [0.3, 0.4) is 0 Å². The lowest BCUT2D eigenvalue weighted by Crippen LogP contribution is -2.45. The number of carboxylic acids is 2. The van der Waals surface area contributed by atoms with Gasteiger partial charge in [0, 0.05) is 28.7 Å². The van der Waals surface area contributed by atoms with Gasteiger partial charge in [-0.2, -0.15) is 0 Å². The van der Waals surface area contributed by atoms with Gasteiger partial charge in [0.05, 0.1) is 6.10 Å². The number of carbonyl (C=O) groups is 2. The van der Waals surface area contributed by atoms with Crippen LogP contribution in [-0.4, -0.2) is 57.7 Å². The van der Waals surface area contributed by atoms with Gasteiger partial charge >= 0.3 is 11.9 Å². The first-order chi connectivity index (χ1) is 10.3. The Bertz CT molecular complexity index is 488. The van der Waals surface area contributed by atoms with E-state index in [0.29, 0.717) is 10.2 Å². The molecule has 0 saturated carbocycles. The summed E-state index contributed by atoms with van der Waals surface area (Å²) < 4.78 is 0. The molecule has 2 aliphatic rings. The van der Waals surface area contributed by atoms with E-state index in [1.165, 1.54) is 18.7 Å². The third-order valence-corrected chi connectivity index (χ3v) is 5.79. The molecule has 0 amide bonds. The summed E-state index contributed by atoms with van der Waals surface area (Å²) >= 11 is 1.50. The molecule has 1 fully saturated rings. The summed E-state index contributed by atoms with van der Waals surface area (Å²) in [6.45, 7) is 4.96. The summed E-state index contributed by atoms with van der Waals surface area (Å²) in [5.74, 6) is -3.54. The van der Waals surface area contributed by atoms with Crippen molar-refractivity contribution in [3.8, 4) is 0 Å². The minimum absolute atomic E-state index is 0.0706. The molecule has 22 heavy (non-hydrogen) atoms. The summed E-state index contributed by atoms with van der Waals surface area (Å²) in [6.07, 6.45) is -0.109. The number of aliphatic carboxylic acids is 2. The highest BCUT2D eigenvalue weighted by molar-refractivity contribution is 8.03. The average molecular weight is 330 g/mol. The van der Waals surface area contributed by atoms with Crippen LogP contribution < -0.4 is 10.6 Å². The third-order valence-electron chi connectivity index (χ3n) is 4.22. The fourth-order valence-electron chi connectivity index (χ4n) is 3.06. The van der Waals surface area contributed by atoms with E-state index in [2.05, 4.69) is 10.6 Å². The molecule has 0 unspecified atom stereocenters. The largest absolute Gasteiger partial charge is 0.481 e. The van der Waals surface area contributed by atoms with Gasteiger partial charge in [-0.3, -0.25) is 4.79 Å².